The van der Waals surface area contributed by atoms with E-state index in [1.807, 2.05) is 39.0 Å². The van der Waals surface area contributed by atoms with Crippen LogP contribution in [0.3, 0.4) is 0 Å². The van der Waals surface area contributed by atoms with Crippen LogP contribution in [-0.4, -0.2) is 45.8 Å². The molecule has 3 rings (SSSR count). The van der Waals surface area contributed by atoms with E-state index in [1.165, 1.54) is 6.33 Å². The van der Waals surface area contributed by atoms with Gasteiger partial charge in [-0.15, -0.1) is 0 Å². The van der Waals surface area contributed by atoms with Gasteiger partial charge in [-0.05, 0) is 39.0 Å². The third kappa shape index (κ3) is 3.95. The molecule has 7 heteroatoms. The van der Waals surface area contributed by atoms with Crippen molar-refractivity contribution in [2.45, 2.75) is 38.9 Å². The number of amides is 1. The first-order chi connectivity index (χ1) is 11.3. The zero-order chi connectivity index (χ0) is 17.3. The van der Waals surface area contributed by atoms with E-state index in [2.05, 4.69) is 25.9 Å². The summed E-state index contributed by atoms with van der Waals surface area (Å²) in [6.45, 7) is 6.69. The summed E-state index contributed by atoms with van der Waals surface area (Å²) in [5.41, 5.74) is 0.329. The number of halogens is 1. The van der Waals surface area contributed by atoms with Crippen LogP contribution in [0, 0.1) is 0 Å². The molecule has 0 radical (unpaired) electrons. The molecule has 2 aromatic rings. The van der Waals surface area contributed by atoms with Crippen LogP contribution in [0.2, 0.25) is 0 Å². The molecule has 2 heterocycles. The molecule has 1 aromatic carbocycles. The molecule has 0 bridgehead atoms. The molecule has 1 fully saturated rings. The third-order valence-electron chi connectivity index (χ3n) is 3.64. The van der Waals surface area contributed by atoms with Gasteiger partial charge in [0.15, 0.2) is 0 Å². The van der Waals surface area contributed by atoms with E-state index < -0.39 is 5.60 Å². The summed E-state index contributed by atoms with van der Waals surface area (Å²) >= 11 is 3.46. The van der Waals surface area contributed by atoms with Crippen LogP contribution in [0.5, 0.6) is 5.88 Å². The average Bonchev–Trinajstić information content (AvgIpc) is 2.95. The summed E-state index contributed by atoms with van der Waals surface area (Å²) in [4.78, 5) is 22.3. The standard InChI is InChI=1S/C17H20BrN3O3/c1-17(2,3)24-16(22)21-7-6-12(9-21)23-15-13-8-11(18)4-5-14(13)19-10-20-15/h4-5,8,10,12H,6-7,9H2,1-3H3/t12-/m0/s1. The zero-order valence-electron chi connectivity index (χ0n) is 14.0. The maximum atomic E-state index is 12.1. The summed E-state index contributed by atoms with van der Waals surface area (Å²) in [5.74, 6) is 0.539. The Bertz CT molecular complexity index is 760. The van der Waals surface area contributed by atoms with Crippen LogP contribution < -0.4 is 4.74 Å². The number of carbonyl (C=O) groups excluding carboxylic acids is 1. The van der Waals surface area contributed by atoms with E-state index in [-0.39, 0.29) is 12.2 Å². The highest BCUT2D eigenvalue weighted by Gasteiger charge is 2.31. The lowest BCUT2D eigenvalue weighted by Gasteiger charge is -2.24. The van der Waals surface area contributed by atoms with E-state index in [1.54, 1.807) is 4.90 Å². The molecule has 1 aliphatic rings. The number of hydrogen-bond acceptors (Lipinski definition) is 5. The number of ether oxygens (including phenoxy) is 2. The van der Waals surface area contributed by atoms with Gasteiger partial charge in [0.25, 0.3) is 0 Å². The number of nitrogens with zero attached hydrogens (tertiary/aromatic N) is 3. The first kappa shape index (κ1) is 17.0. The molecule has 6 nitrogen and oxygen atoms in total. The highest BCUT2D eigenvalue weighted by molar-refractivity contribution is 9.10. The van der Waals surface area contributed by atoms with Gasteiger partial charge < -0.3 is 14.4 Å². The monoisotopic (exact) mass is 393 g/mol. The average molecular weight is 394 g/mol. The lowest BCUT2D eigenvalue weighted by Crippen LogP contribution is -2.36. The second kappa shape index (κ2) is 6.55. The minimum Gasteiger partial charge on any atom is -0.472 e. The molecular formula is C17H20BrN3O3. The van der Waals surface area contributed by atoms with Crippen molar-refractivity contribution in [3.63, 3.8) is 0 Å². The highest BCUT2D eigenvalue weighted by Crippen LogP contribution is 2.27. The molecule has 1 aliphatic heterocycles. The molecule has 0 spiro atoms. The molecule has 0 unspecified atom stereocenters. The normalized spacial score (nSPS) is 18.0. The smallest absolute Gasteiger partial charge is 0.410 e. The van der Waals surface area contributed by atoms with Crippen molar-refractivity contribution < 1.29 is 14.3 Å². The summed E-state index contributed by atoms with van der Waals surface area (Å²) in [6, 6.07) is 5.78. The van der Waals surface area contributed by atoms with Gasteiger partial charge in [-0.1, -0.05) is 15.9 Å². The highest BCUT2D eigenvalue weighted by atomic mass is 79.9. The Labute approximate surface area is 149 Å². The Morgan fingerprint density at radius 2 is 2.12 bits per heavy atom. The second-order valence-corrected chi connectivity index (χ2v) is 7.71. The predicted octanol–water partition coefficient (Wildman–Crippen LogP) is 3.78. The van der Waals surface area contributed by atoms with E-state index in [9.17, 15) is 4.79 Å². The molecule has 0 saturated carbocycles. The van der Waals surface area contributed by atoms with Crippen LogP contribution in [0.25, 0.3) is 10.9 Å². The van der Waals surface area contributed by atoms with E-state index in [4.69, 9.17) is 9.47 Å². The first-order valence-corrected chi connectivity index (χ1v) is 8.66. The van der Waals surface area contributed by atoms with Gasteiger partial charge in [0, 0.05) is 17.4 Å². The maximum absolute atomic E-state index is 12.1. The number of carbonyl (C=O) groups is 1. The van der Waals surface area contributed by atoms with Gasteiger partial charge in [-0.2, -0.15) is 0 Å². The molecule has 1 saturated heterocycles. The molecule has 128 valence electrons. The van der Waals surface area contributed by atoms with E-state index in [0.29, 0.717) is 19.0 Å². The maximum Gasteiger partial charge on any atom is 0.410 e. The van der Waals surface area contributed by atoms with Crippen LogP contribution >= 0.6 is 15.9 Å². The number of benzene rings is 1. The van der Waals surface area contributed by atoms with Crippen LogP contribution in [0.15, 0.2) is 29.0 Å². The van der Waals surface area contributed by atoms with Crippen LogP contribution in [0.4, 0.5) is 4.79 Å². The summed E-state index contributed by atoms with van der Waals surface area (Å²) in [6.07, 6.45) is 1.84. The van der Waals surface area contributed by atoms with Crippen molar-refractivity contribution in [2.24, 2.45) is 0 Å². The van der Waals surface area contributed by atoms with Gasteiger partial charge in [-0.25, -0.2) is 14.8 Å². The van der Waals surface area contributed by atoms with Gasteiger partial charge >= 0.3 is 6.09 Å². The molecule has 0 N–H and O–H groups in total. The summed E-state index contributed by atoms with van der Waals surface area (Å²) in [5, 5.41) is 0.850. The van der Waals surface area contributed by atoms with Crippen molar-refractivity contribution in [3.8, 4) is 5.88 Å². The Kier molecular flexibility index (Phi) is 4.62. The Balaban J connectivity index is 1.70. The van der Waals surface area contributed by atoms with Crippen molar-refractivity contribution >= 4 is 32.9 Å². The number of hydrogen-bond donors (Lipinski definition) is 0. The lowest BCUT2D eigenvalue weighted by molar-refractivity contribution is 0.0275. The van der Waals surface area contributed by atoms with Gasteiger partial charge in [0.2, 0.25) is 5.88 Å². The zero-order valence-corrected chi connectivity index (χ0v) is 15.5. The molecule has 24 heavy (non-hydrogen) atoms. The predicted molar refractivity (Wildman–Crippen MR) is 94.1 cm³/mol. The Hall–Kier alpha value is -1.89. The molecule has 1 amide bonds. The Morgan fingerprint density at radius 1 is 1.33 bits per heavy atom. The van der Waals surface area contributed by atoms with Crippen LogP contribution in [0.1, 0.15) is 27.2 Å². The van der Waals surface area contributed by atoms with Crippen molar-refractivity contribution in [1.82, 2.24) is 14.9 Å². The molecule has 0 aliphatic carbocycles. The summed E-state index contributed by atoms with van der Waals surface area (Å²) < 4.78 is 12.4. The fourth-order valence-corrected chi connectivity index (χ4v) is 2.93. The third-order valence-corrected chi connectivity index (χ3v) is 4.13. The molecular weight excluding hydrogens is 374 g/mol. The SMILES string of the molecule is CC(C)(C)OC(=O)N1CC[C@H](Oc2ncnc3ccc(Br)cc23)C1. The molecule has 1 aromatic heterocycles. The van der Waals surface area contributed by atoms with E-state index >= 15 is 0 Å². The van der Waals surface area contributed by atoms with E-state index in [0.717, 1.165) is 21.8 Å². The summed E-state index contributed by atoms with van der Waals surface area (Å²) in [7, 11) is 0. The largest absolute Gasteiger partial charge is 0.472 e. The van der Waals surface area contributed by atoms with Crippen LogP contribution in [-0.2, 0) is 4.74 Å². The fraction of sp³-hybridized carbons (Fsp3) is 0.471. The number of likely N-dealkylation sites (tertiary alicyclic amines) is 1. The topological polar surface area (TPSA) is 64.5 Å². The van der Waals surface area contributed by atoms with Crippen molar-refractivity contribution in [1.29, 1.82) is 0 Å². The van der Waals surface area contributed by atoms with Gasteiger partial charge in [0.05, 0.1) is 17.4 Å². The number of fused-ring (bicyclic) bond motifs is 1. The molecule has 1 atom stereocenters. The fourth-order valence-electron chi connectivity index (χ4n) is 2.57. The van der Waals surface area contributed by atoms with Crippen molar-refractivity contribution in [3.05, 3.63) is 29.0 Å². The quantitative estimate of drug-likeness (QED) is 0.776. The second-order valence-electron chi connectivity index (χ2n) is 6.80. The number of aromatic nitrogens is 2. The van der Waals surface area contributed by atoms with Gasteiger partial charge in [0.1, 0.15) is 18.0 Å². The Morgan fingerprint density at radius 3 is 2.88 bits per heavy atom. The minimum absolute atomic E-state index is 0.102. The number of rotatable bonds is 2. The minimum atomic E-state index is -0.495. The first-order valence-electron chi connectivity index (χ1n) is 7.87. The van der Waals surface area contributed by atoms with Crippen molar-refractivity contribution in [2.75, 3.05) is 13.1 Å². The lowest BCUT2D eigenvalue weighted by atomic mass is 10.2. The van der Waals surface area contributed by atoms with Gasteiger partial charge in [-0.3, -0.25) is 0 Å².